The number of benzene rings is 2. The molecular formula is C79H83Cl2F5N24O8. The number of rotatable bonds is 27. The zero-order valence-electron chi connectivity index (χ0n) is 65.8. The summed E-state index contributed by atoms with van der Waals surface area (Å²) in [4.78, 5) is 114. The number of likely N-dealkylation sites (N-methyl/N-ethyl adjacent to an activating group) is 1. The van der Waals surface area contributed by atoms with Crippen LogP contribution < -0.4 is 61.5 Å². The van der Waals surface area contributed by atoms with E-state index in [0.717, 1.165) is 29.8 Å². The lowest BCUT2D eigenvalue weighted by atomic mass is 10.0. The highest BCUT2D eigenvalue weighted by molar-refractivity contribution is 6.31. The normalized spacial score (nSPS) is 11.9. The number of alkyl halides is 3. The second kappa shape index (κ2) is 37.9. The molecule has 2 aromatic carbocycles. The maximum atomic E-state index is 13.5. The summed E-state index contributed by atoms with van der Waals surface area (Å²) < 4.78 is 86.1. The van der Waals surface area contributed by atoms with Crippen LogP contribution in [0.1, 0.15) is 61.8 Å². The molecular weight excluding hydrogens is 1580 g/mol. The van der Waals surface area contributed by atoms with Crippen LogP contribution in [0.15, 0.2) is 123 Å². The second-order valence-corrected chi connectivity index (χ2v) is 28.1. The van der Waals surface area contributed by atoms with Gasteiger partial charge in [-0.2, -0.15) is 0 Å². The van der Waals surface area contributed by atoms with Gasteiger partial charge >= 0.3 is 0 Å². The third kappa shape index (κ3) is 20.2. The summed E-state index contributed by atoms with van der Waals surface area (Å²) in [6, 6.07) is 15.5. The standard InChI is InChI=1S/C24H27ClN6O3.C23H23ClF2N6O3.C16H16F2N6O.C16H17FN6O/c1-6-7-26-23(32)24(2,3)31-22-15-9-18(33-4)19(34-5)10-17(15)29-21(30-22)16-12-28-20-14(16)8-13(25)11-27-20;1-23(2,22(33)29-10-18(25)26)32-21-13-6-16(34-3)17(35-4)7-15(13)30-20(31-21)14-9-28-19-12(14)5-11(24)8-27-19;1-9(16(25)20-5-3-17)23-13-2-4-19-15(24-13)12-8-22-14-11(12)6-10(18)7-21-14;1-3-18-16(24)9(2)22-13-4-5-19-15(23-13)12-8-21-14-11(12)6-10(17)7-20-14/h8-12H,6-7H2,1-5H3,(H,26,32)(H,27,28)(H,29,30,31);5-9,18H,10H2,1-4H3,(H,27,28)(H,29,33)(H,30,31,32);2,4,6-9H,3,5H2,1H3,(H,20,25)(H,21,22)(H,19,23,24);4-9H,3H2,1-2H3,(H,18,24)(H,20,21)(H,19,22,23)/t;;2*9-/m..11/s1. The average Bonchev–Trinajstić information content (AvgIpc) is 1.38. The van der Waals surface area contributed by atoms with E-state index in [1.54, 1.807) is 122 Å². The number of fused-ring (bicyclic) bond motifs is 6. The molecule has 12 heterocycles. The van der Waals surface area contributed by atoms with Gasteiger partial charge in [-0.05, 0) is 103 Å². The van der Waals surface area contributed by atoms with Crippen molar-refractivity contribution in [3.05, 3.63) is 144 Å². The van der Waals surface area contributed by atoms with E-state index in [1.165, 1.54) is 38.7 Å². The zero-order valence-corrected chi connectivity index (χ0v) is 67.3. The Morgan fingerprint density at radius 3 is 1.24 bits per heavy atom. The second-order valence-electron chi connectivity index (χ2n) is 27.2. The molecule has 0 unspecified atom stereocenters. The van der Waals surface area contributed by atoms with Crippen LogP contribution in [0.3, 0.4) is 0 Å². The minimum absolute atomic E-state index is 0.0339. The molecule has 0 fully saturated rings. The Labute approximate surface area is 680 Å². The van der Waals surface area contributed by atoms with E-state index in [2.05, 4.69) is 107 Å². The Bertz CT molecular complexity index is 5970. The largest absolute Gasteiger partial charge is 0.493 e. The van der Waals surface area contributed by atoms with E-state index in [9.17, 15) is 41.1 Å². The topological polar surface area (TPSA) is 419 Å². The van der Waals surface area contributed by atoms with Crippen molar-refractivity contribution < 1.29 is 60.1 Å². The molecule has 0 bridgehead atoms. The quantitative estimate of drug-likeness (QED) is 0.0213. The van der Waals surface area contributed by atoms with Crippen molar-refractivity contribution in [2.75, 3.05) is 82.6 Å². The molecule has 12 N–H and O–H groups in total. The number of methoxy groups -OCH3 is 4. The number of nitrogens with one attached hydrogen (secondary N) is 12. The molecule has 12 aromatic heterocycles. The molecule has 14 aromatic rings. The highest BCUT2D eigenvalue weighted by atomic mass is 35.5. The molecule has 32 nitrogen and oxygen atoms in total. The Hall–Kier alpha value is -13.5. The molecule has 0 radical (unpaired) electrons. The molecule has 0 aliphatic carbocycles. The first-order chi connectivity index (χ1) is 56.5. The van der Waals surface area contributed by atoms with E-state index < -0.39 is 60.3 Å². The van der Waals surface area contributed by atoms with Crippen LogP contribution in [0, 0.1) is 11.6 Å². The Morgan fingerprint density at radius 1 is 0.466 bits per heavy atom. The SMILES string of the molecule is CCCNC(=O)C(C)(C)Nc1nc(-c2c[nH]c3ncc(Cl)cc23)nc2cc(OC)c(OC)cc12.CCNC(=O)[C@@H](C)Nc1ccnc(-c2c[nH]c3ncc(F)cc23)n1.COc1cc2nc(-c3c[nH]c4ncc(Cl)cc34)nc(NC(C)(C)C(=O)NCC(F)F)c2cc1OC.C[C@@H](Nc1ccnc(-c2c[nH]c3ncc(F)cc23)n1)C(=O)NCCF. The number of ether oxygens (including phenoxy) is 4. The number of carbonyl (C=O) groups excluding carboxylic acids is 4. The van der Waals surface area contributed by atoms with Crippen molar-refractivity contribution in [3.63, 3.8) is 0 Å². The van der Waals surface area contributed by atoms with Crippen molar-refractivity contribution in [2.45, 2.75) is 91.4 Å². The van der Waals surface area contributed by atoms with Crippen LogP contribution in [-0.2, 0) is 19.2 Å². The Morgan fingerprint density at radius 2 is 0.847 bits per heavy atom. The van der Waals surface area contributed by atoms with E-state index in [-0.39, 0.29) is 24.3 Å². The van der Waals surface area contributed by atoms with E-state index in [0.29, 0.717) is 170 Å². The Kier molecular flexibility index (Phi) is 27.4. The minimum Gasteiger partial charge on any atom is -0.493 e. The summed E-state index contributed by atoms with van der Waals surface area (Å²) >= 11 is 12.3. The molecule has 118 heavy (non-hydrogen) atoms. The van der Waals surface area contributed by atoms with Crippen LogP contribution in [0.5, 0.6) is 23.0 Å². The zero-order chi connectivity index (χ0) is 84.7. The average molecular weight is 1660 g/mol. The first kappa shape index (κ1) is 85.4. The van der Waals surface area contributed by atoms with Gasteiger partial charge in [0.1, 0.15) is 87.3 Å². The lowest BCUT2D eigenvalue weighted by Crippen LogP contribution is -2.49. The third-order valence-corrected chi connectivity index (χ3v) is 18.3. The van der Waals surface area contributed by atoms with Crippen LogP contribution in [-0.4, -0.2) is 194 Å². The number of amides is 4. The van der Waals surface area contributed by atoms with Gasteiger partial charge in [-0.15, -0.1) is 0 Å². The molecule has 0 saturated carbocycles. The van der Waals surface area contributed by atoms with Crippen LogP contribution in [0.2, 0.25) is 10.0 Å². The molecule has 0 saturated heterocycles. The summed E-state index contributed by atoms with van der Waals surface area (Å²) in [6.07, 6.45) is 13.5. The molecule has 4 amide bonds. The fourth-order valence-electron chi connectivity index (χ4n) is 11.9. The molecule has 0 spiro atoms. The van der Waals surface area contributed by atoms with Crippen LogP contribution in [0.4, 0.5) is 45.2 Å². The summed E-state index contributed by atoms with van der Waals surface area (Å²) in [5.41, 5.74) is 3.87. The first-order valence-electron chi connectivity index (χ1n) is 36.7. The summed E-state index contributed by atoms with van der Waals surface area (Å²) in [5.74, 6) is 3.14. The number of hydrogen-bond acceptors (Lipinski definition) is 24. The number of carbonyl (C=O) groups is 4. The van der Waals surface area contributed by atoms with Crippen LogP contribution in [0.25, 0.3) is 111 Å². The number of nitrogens with zero attached hydrogens (tertiary/aromatic N) is 12. The number of H-pyrrole nitrogens is 4. The molecule has 39 heteroatoms. The van der Waals surface area contributed by atoms with Gasteiger partial charge in [-0.25, -0.2) is 81.8 Å². The van der Waals surface area contributed by atoms with E-state index in [4.69, 9.17) is 57.1 Å². The minimum atomic E-state index is -2.67. The molecule has 0 aliphatic heterocycles. The van der Waals surface area contributed by atoms with Gasteiger partial charge in [0.05, 0.1) is 68.5 Å². The number of halogens is 7. The molecule has 0 aliphatic rings. The highest BCUT2D eigenvalue weighted by Gasteiger charge is 2.32. The van der Waals surface area contributed by atoms with E-state index in [1.807, 2.05) is 33.8 Å². The number of hydrogen-bond donors (Lipinski definition) is 12. The maximum absolute atomic E-state index is 13.5. The first-order valence-corrected chi connectivity index (χ1v) is 37.4. The molecule has 2 atom stereocenters. The fraction of sp³-hybridized carbons (Fsp3) is 0.291. The number of anilines is 4. The number of pyridine rings is 4. The summed E-state index contributed by atoms with van der Waals surface area (Å²) in [6.45, 7) is 13.7. The maximum Gasteiger partial charge on any atom is 0.255 e. The van der Waals surface area contributed by atoms with E-state index >= 15 is 0 Å². The smallest absolute Gasteiger partial charge is 0.255 e. The van der Waals surface area contributed by atoms with Gasteiger partial charge in [0.15, 0.2) is 46.3 Å². The van der Waals surface area contributed by atoms with Crippen molar-refractivity contribution in [1.29, 1.82) is 0 Å². The van der Waals surface area contributed by atoms with Crippen LogP contribution >= 0.6 is 23.2 Å². The van der Waals surface area contributed by atoms with Gasteiger partial charge in [0.2, 0.25) is 23.6 Å². The van der Waals surface area contributed by atoms with Gasteiger partial charge in [-0.3, -0.25) is 19.2 Å². The summed E-state index contributed by atoms with van der Waals surface area (Å²) in [7, 11) is 6.14. The van der Waals surface area contributed by atoms with Gasteiger partial charge < -0.3 is 81.4 Å². The van der Waals surface area contributed by atoms with Gasteiger partial charge in [0, 0.05) is 136 Å². The lowest BCUT2D eigenvalue weighted by molar-refractivity contribution is -0.125. The third-order valence-electron chi connectivity index (χ3n) is 17.9. The van der Waals surface area contributed by atoms with Gasteiger partial charge in [-0.1, -0.05) is 30.1 Å². The predicted molar refractivity (Wildman–Crippen MR) is 441 cm³/mol. The summed E-state index contributed by atoms with van der Waals surface area (Å²) in [5, 5.41) is 27.5. The highest BCUT2D eigenvalue weighted by Crippen LogP contribution is 2.40. The lowest BCUT2D eigenvalue weighted by Gasteiger charge is -2.26. The van der Waals surface area contributed by atoms with Crippen molar-refractivity contribution in [2.24, 2.45) is 0 Å². The fourth-order valence-corrected chi connectivity index (χ4v) is 12.2. The molecule has 14 rings (SSSR count). The number of aromatic nitrogens is 16. The molecule has 616 valence electrons. The monoisotopic (exact) mass is 1660 g/mol. The van der Waals surface area contributed by atoms with Crippen molar-refractivity contribution >= 4 is 136 Å². The predicted octanol–water partition coefficient (Wildman–Crippen LogP) is 13.1. The van der Waals surface area contributed by atoms with Crippen molar-refractivity contribution in [1.82, 2.24) is 101 Å². The van der Waals surface area contributed by atoms with Crippen molar-refractivity contribution in [3.8, 4) is 68.5 Å². The number of aromatic amines is 4. The Balaban J connectivity index is 0.000000156. The van der Waals surface area contributed by atoms with Gasteiger partial charge in [0.25, 0.3) is 6.43 Å².